The first-order valence-corrected chi connectivity index (χ1v) is 14.7. The van der Waals surface area contributed by atoms with Crippen LogP contribution in [0.5, 0.6) is 0 Å². The lowest BCUT2D eigenvalue weighted by atomic mass is 9.95. The molecule has 0 bridgehead atoms. The van der Waals surface area contributed by atoms with Gasteiger partial charge in [-0.1, -0.05) is 62.9 Å². The van der Waals surface area contributed by atoms with Crippen molar-refractivity contribution in [3.05, 3.63) is 132 Å². The van der Waals surface area contributed by atoms with Gasteiger partial charge < -0.3 is 16.0 Å². The van der Waals surface area contributed by atoms with E-state index in [1.165, 1.54) is 43.4 Å². The Bertz CT molecular complexity index is 1490. The number of hydrogen-bond acceptors (Lipinski definition) is 4. The molecule has 0 atom stereocenters. The topological polar surface area (TPSA) is 49.0 Å². The van der Waals surface area contributed by atoms with E-state index in [9.17, 15) is 4.39 Å². The average molecular weight is 563 g/mol. The molecule has 1 aromatic heterocycles. The van der Waals surface area contributed by atoms with Gasteiger partial charge in [-0.25, -0.2) is 4.39 Å². The number of nitrogens with one attached hydrogen (secondary N) is 3. The highest BCUT2D eigenvalue weighted by molar-refractivity contribution is 5.87. The van der Waals surface area contributed by atoms with Crippen molar-refractivity contribution in [3.8, 4) is 11.1 Å². The van der Waals surface area contributed by atoms with Crippen LogP contribution in [0.25, 0.3) is 22.3 Å². The van der Waals surface area contributed by atoms with Crippen LogP contribution in [0.4, 0.5) is 10.1 Å². The zero-order chi connectivity index (χ0) is 30.1. The molecule has 42 heavy (non-hydrogen) atoms. The van der Waals surface area contributed by atoms with Gasteiger partial charge in [0.25, 0.3) is 0 Å². The second kappa shape index (κ2) is 14.6. The first-order chi connectivity index (χ1) is 20.3. The Morgan fingerprint density at radius 2 is 1.74 bits per heavy atom. The van der Waals surface area contributed by atoms with Crippen LogP contribution in [0.15, 0.2) is 110 Å². The van der Waals surface area contributed by atoms with Crippen LogP contribution in [0.2, 0.25) is 0 Å². The summed E-state index contributed by atoms with van der Waals surface area (Å²) in [6.45, 7) is 18.5. The highest BCUT2D eigenvalue weighted by Crippen LogP contribution is 2.33. The Kier molecular flexibility index (Phi) is 10.7. The average Bonchev–Trinajstić information content (AvgIpc) is 3.53. The molecule has 0 saturated heterocycles. The summed E-state index contributed by atoms with van der Waals surface area (Å²) in [7, 11) is 1.91. The molecule has 1 heterocycles. The predicted molar refractivity (Wildman–Crippen MR) is 177 cm³/mol. The van der Waals surface area contributed by atoms with E-state index in [0.29, 0.717) is 5.70 Å². The molecule has 3 aromatic rings. The van der Waals surface area contributed by atoms with E-state index in [1.54, 1.807) is 18.2 Å². The number of benzene rings is 2. The van der Waals surface area contributed by atoms with Crippen molar-refractivity contribution >= 4 is 16.8 Å². The SMILES string of the molecule is C=C/C=C(\C(C)=C(/C)NC(=C)C(=C)c1cc(-c2cncc(CNCC3CCCC3)c2)ccc1NC)c1ccc(F)cc1. The van der Waals surface area contributed by atoms with Crippen LogP contribution >= 0.6 is 0 Å². The smallest absolute Gasteiger partial charge is 0.123 e. The third-order valence-electron chi connectivity index (χ3n) is 8.09. The van der Waals surface area contributed by atoms with Gasteiger partial charge in [0.1, 0.15) is 5.82 Å². The molecule has 1 fully saturated rings. The van der Waals surface area contributed by atoms with E-state index in [0.717, 1.165) is 69.4 Å². The molecule has 0 unspecified atom stereocenters. The number of halogens is 1. The predicted octanol–water partition coefficient (Wildman–Crippen LogP) is 8.89. The minimum Gasteiger partial charge on any atom is -0.388 e. The fourth-order valence-corrected chi connectivity index (χ4v) is 5.51. The summed E-state index contributed by atoms with van der Waals surface area (Å²) in [5.41, 5.74) is 10.5. The summed E-state index contributed by atoms with van der Waals surface area (Å²) >= 11 is 0. The largest absolute Gasteiger partial charge is 0.388 e. The van der Waals surface area contributed by atoms with Gasteiger partial charge in [-0.2, -0.15) is 0 Å². The zero-order valence-electron chi connectivity index (χ0n) is 25.2. The molecule has 0 amide bonds. The molecule has 2 aromatic carbocycles. The third-order valence-corrected chi connectivity index (χ3v) is 8.09. The van der Waals surface area contributed by atoms with Crippen LogP contribution in [0, 0.1) is 11.7 Å². The second-order valence-corrected chi connectivity index (χ2v) is 11.0. The van der Waals surface area contributed by atoms with Gasteiger partial charge in [0.05, 0.1) is 0 Å². The zero-order valence-corrected chi connectivity index (χ0v) is 25.2. The molecule has 4 nitrogen and oxygen atoms in total. The van der Waals surface area contributed by atoms with Gasteiger partial charge in [0.2, 0.25) is 0 Å². The van der Waals surface area contributed by atoms with Gasteiger partial charge >= 0.3 is 0 Å². The van der Waals surface area contributed by atoms with Crippen molar-refractivity contribution in [2.24, 2.45) is 5.92 Å². The third kappa shape index (κ3) is 7.74. The van der Waals surface area contributed by atoms with E-state index in [2.05, 4.69) is 64.9 Å². The molecule has 0 spiro atoms. The molecular formula is C37H43FN4. The molecule has 0 radical (unpaired) electrons. The number of anilines is 1. The van der Waals surface area contributed by atoms with Crippen LogP contribution in [0.1, 0.15) is 56.2 Å². The maximum Gasteiger partial charge on any atom is 0.123 e. The molecule has 1 aliphatic rings. The van der Waals surface area contributed by atoms with Gasteiger partial charge in [-0.05, 0) is 103 Å². The Hall–Kier alpha value is -4.22. The van der Waals surface area contributed by atoms with E-state index in [1.807, 2.05) is 39.4 Å². The van der Waals surface area contributed by atoms with Crippen LogP contribution in [-0.2, 0) is 6.54 Å². The lowest BCUT2D eigenvalue weighted by molar-refractivity contribution is 0.489. The minimum absolute atomic E-state index is 0.265. The lowest BCUT2D eigenvalue weighted by Crippen LogP contribution is -2.20. The molecule has 0 aliphatic heterocycles. The van der Waals surface area contributed by atoms with Crippen molar-refractivity contribution in [2.75, 3.05) is 18.9 Å². The molecule has 1 aliphatic carbocycles. The highest BCUT2D eigenvalue weighted by Gasteiger charge is 2.15. The number of hydrogen-bond donors (Lipinski definition) is 3. The minimum atomic E-state index is -0.265. The van der Waals surface area contributed by atoms with Crippen LogP contribution in [-0.4, -0.2) is 18.6 Å². The van der Waals surface area contributed by atoms with E-state index in [-0.39, 0.29) is 5.82 Å². The molecule has 5 heteroatoms. The fourth-order valence-electron chi connectivity index (χ4n) is 5.51. The Morgan fingerprint density at radius 1 is 1.00 bits per heavy atom. The van der Waals surface area contributed by atoms with Crippen molar-refractivity contribution in [1.29, 1.82) is 0 Å². The van der Waals surface area contributed by atoms with Crippen molar-refractivity contribution in [1.82, 2.24) is 15.6 Å². The first-order valence-electron chi connectivity index (χ1n) is 14.7. The highest BCUT2D eigenvalue weighted by atomic mass is 19.1. The lowest BCUT2D eigenvalue weighted by Gasteiger charge is -2.19. The number of pyridine rings is 1. The first kappa shape index (κ1) is 30.7. The normalized spacial score (nSPS) is 14.3. The van der Waals surface area contributed by atoms with Gasteiger partial charge in [-0.15, -0.1) is 0 Å². The van der Waals surface area contributed by atoms with Crippen molar-refractivity contribution in [3.63, 3.8) is 0 Å². The number of rotatable bonds is 13. The Morgan fingerprint density at radius 3 is 2.43 bits per heavy atom. The maximum absolute atomic E-state index is 13.5. The van der Waals surface area contributed by atoms with Crippen LogP contribution in [0.3, 0.4) is 0 Å². The summed E-state index contributed by atoms with van der Waals surface area (Å²) in [6.07, 6.45) is 12.9. The summed E-state index contributed by atoms with van der Waals surface area (Å²) in [4.78, 5) is 4.54. The van der Waals surface area contributed by atoms with Crippen molar-refractivity contribution in [2.45, 2.75) is 46.1 Å². The summed E-state index contributed by atoms with van der Waals surface area (Å²) in [5.74, 6) is 0.541. The van der Waals surface area contributed by atoms with Crippen LogP contribution < -0.4 is 16.0 Å². The van der Waals surface area contributed by atoms with Gasteiger partial charge in [0, 0.05) is 54.2 Å². The summed E-state index contributed by atoms with van der Waals surface area (Å²) in [6, 6.07) is 15.0. The second-order valence-electron chi connectivity index (χ2n) is 11.0. The van der Waals surface area contributed by atoms with Gasteiger partial charge in [0.15, 0.2) is 0 Å². The monoisotopic (exact) mass is 562 g/mol. The van der Waals surface area contributed by atoms with E-state index in [4.69, 9.17) is 0 Å². The fraction of sp³-hybridized carbons (Fsp3) is 0.270. The van der Waals surface area contributed by atoms with Crippen molar-refractivity contribution < 1.29 is 4.39 Å². The molecular weight excluding hydrogens is 519 g/mol. The molecule has 3 N–H and O–H groups in total. The summed E-state index contributed by atoms with van der Waals surface area (Å²) < 4.78 is 13.5. The number of nitrogens with zero attached hydrogens (tertiary/aromatic N) is 1. The van der Waals surface area contributed by atoms with E-state index < -0.39 is 0 Å². The molecule has 4 rings (SSSR count). The molecule has 1 saturated carbocycles. The standard InChI is InChI=1S/C37H43FN4/c1-7-10-35(31-13-16-34(38)17-14-31)25(2)27(4)42-28(5)26(3)36-20-32(15-18-37(36)39-6)33-19-30(23-41-24-33)22-40-21-29-11-8-9-12-29/h7,10,13-20,23-24,29,39-40,42H,1,3,5,8-9,11-12,21-22H2,2,4,6H3/b27-25+,35-10+. The Labute approximate surface area is 250 Å². The number of allylic oxidation sites excluding steroid dienone is 6. The van der Waals surface area contributed by atoms with E-state index >= 15 is 0 Å². The van der Waals surface area contributed by atoms with Gasteiger partial charge in [-0.3, -0.25) is 4.98 Å². The number of aromatic nitrogens is 1. The quantitative estimate of drug-likeness (QED) is 0.182. The Balaban J connectivity index is 1.52. The molecule has 218 valence electrons. The maximum atomic E-state index is 13.5. The summed E-state index contributed by atoms with van der Waals surface area (Å²) in [5, 5.41) is 10.4.